The van der Waals surface area contributed by atoms with E-state index in [-0.39, 0.29) is 5.41 Å². The number of terminal acetylenes is 1. The molecule has 0 bridgehead atoms. The Morgan fingerprint density at radius 1 is 1.64 bits per heavy atom. The molecule has 1 atom stereocenters. The molecule has 1 aliphatic carbocycles. The molecule has 0 spiro atoms. The van der Waals surface area contributed by atoms with Gasteiger partial charge in [0.05, 0.1) is 0 Å². The van der Waals surface area contributed by atoms with Gasteiger partial charge in [0, 0.05) is 5.41 Å². The van der Waals surface area contributed by atoms with E-state index >= 15 is 0 Å². The molecule has 0 aromatic rings. The zero-order valence-corrected chi connectivity index (χ0v) is 7.14. The zero-order chi connectivity index (χ0) is 8.32. The van der Waals surface area contributed by atoms with Gasteiger partial charge in [-0.3, -0.25) is 0 Å². The quantitative estimate of drug-likeness (QED) is 0.613. The molecule has 11 heavy (non-hydrogen) atoms. The highest BCUT2D eigenvalue weighted by Gasteiger charge is 2.41. The summed E-state index contributed by atoms with van der Waals surface area (Å²) in [4.78, 5) is 0. The van der Waals surface area contributed by atoms with Crippen LogP contribution in [0.2, 0.25) is 0 Å². The summed E-state index contributed by atoms with van der Waals surface area (Å²) in [5, 5.41) is 9.52. The van der Waals surface area contributed by atoms with E-state index in [0.717, 1.165) is 25.7 Å². The summed E-state index contributed by atoms with van der Waals surface area (Å²) < 4.78 is 0. The second-order valence-electron chi connectivity index (χ2n) is 3.54. The highest BCUT2D eigenvalue weighted by molar-refractivity contribution is 5.07. The smallest absolute Gasteiger partial charge is 0.120 e. The van der Waals surface area contributed by atoms with Gasteiger partial charge in [-0.2, -0.15) is 0 Å². The molecule has 0 heterocycles. The Morgan fingerprint density at radius 3 is 2.55 bits per heavy atom. The van der Waals surface area contributed by atoms with Crippen LogP contribution in [0, 0.1) is 17.8 Å². The largest absolute Gasteiger partial charge is 0.380 e. The highest BCUT2D eigenvalue weighted by atomic mass is 16.3. The summed E-state index contributed by atoms with van der Waals surface area (Å²) in [6.45, 7) is 2.14. The second-order valence-corrected chi connectivity index (χ2v) is 3.54. The van der Waals surface area contributed by atoms with Crippen LogP contribution in [0.15, 0.2) is 0 Å². The molecule has 0 aromatic heterocycles. The maximum atomic E-state index is 9.52. The number of aliphatic hydroxyl groups is 1. The summed E-state index contributed by atoms with van der Waals surface area (Å²) in [6, 6.07) is 0. The van der Waals surface area contributed by atoms with Gasteiger partial charge in [-0.25, -0.2) is 0 Å². The molecule has 1 N–H and O–H groups in total. The van der Waals surface area contributed by atoms with Crippen LogP contribution in [0.4, 0.5) is 0 Å². The predicted molar refractivity (Wildman–Crippen MR) is 46.0 cm³/mol. The number of rotatable bonds is 3. The minimum atomic E-state index is -0.504. The average Bonchev–Trinajstić information content (AvgIpc) is 1.95. The molecule has 1 unspecified atom stereocenters. The Kier molecular flexibility index (Phi) is 2.57. The Morgan fingerprint density at radius 2 is 2.27 bits per heavy atom. The lowest BCUT2D eigenvalue weighted by Gasteiger charge is -2.43. The molecule has 0 radical (unpaired) electrons. The monoisotopic (exact) mass is 152 g/mol. The van der Waals surface area contributed by atoms with Crippen LogP contribution in [0.25, 0.3) is 0 Å². The third-order valence-corrected chi connectivity index (χ3v) is 2.84. The summed E-state index contributed by atoms with van der Waals surface area (Å²) in [7, 11) is 0. The van der Waals surface area contributed by atoms with E-state index < -0.39 is 6.10 Å². The lowest BCUT2D eigenvalue weighted by Crippen LogP contribution is -2.40. The first-order valence-electron chi connectivity index (χ1n) is 4.39. The van der Waals surface area contributed by atoms with Crippen molar-refractivity contribution in [1.82, 2.24) is 0 Å². The van der Waals surface area contributed by atoms with Crippen LogP contribution >= 0.6 is 0 Å². The SMILES string of the molecule is C#CC(O)C1(CCC)CCC1. The van der Waals surface area contributed by atoms with E-state index in [1.807, 2.05) is 0 Å². The van der Waals surface area contributed by atoms with Crippen LogP contribution in [0.5, 0.6) is 0 Å². The number of hydrogen-bond acceptors (Lipinski definition) is 1. The van der Waals surface area contributed by atoms with Crippen LogP contribution < -0.4 is 0 Å². The van der Waals surface area contributed by atoms with Gasteiger partial charge in [0.2, 0.25) is 0 Å². The van der Waals surface area contributed by atoms with Crippen molar-refractivity contribution in [3.63, 3.8) is 0 Å². The van der Waals surface area contributed by atoms with Gasteiger partial charge in [0.15, 0.2) is 0 Å². The lowest BCUT2D eigenvalue weighted by atomic mass is 9.63. The highest BCUT2D eigenvalue weighted by Crippen LogP contribution is 2.47. The maximum Gasteiger partial charge on any atom is 0.120 e. The van der Waals surface area contributed by atoms with Gasteiger partial charge in [-0.05, 0) is 19.3 Å². The second kappa shape index (κ2) is 3.28. The van der Waals surface area contributed by atoms with Gasteiger partial charge in [-0.1, -0.05) is 25.7 Å². The van der Waals surface area contributed by atoms with Gasteiger partial charge in [0.25, 0.3) is 0 Å². The van der Waals surface area contributed by atoms with Crippen molar-refractivity contribution in [3.8, 4) is 12.3 Å². The van der Waals surface area contributed by atoms with Crippen LogP contribution in [0.1, 0.15) is 39.0 Å². The fourth-order valence-electron chi connectivity index (χ4n) is 1.97. The molecule has 0 aromatic carbocycles. The van der Waals surface area contributed by atoms with Gasteiger partial charge >= 0.3 is 0 Å². The molecule has 1 aliphatic rings. The normalized spacial score (nSPS) is 23.4. The number of hydrogen-bond donors (Lipinski definition) is 1. The van der Waals surface area contributed by atoms with E-state index in [0.29, 0.717) is 0 Å². The minimum absolute atomic E-state index is 0.101. The van der Waals surface area contributed by atoms with Crippen molar-refractivity contribution < 1.29 is 5.11 Å². The topological polar surface area (TPSA) is 20.2 Å². The van der Waals surface area contributed by atoms with Crippen molar-refractivity contribution in [1.29, 1.82) is 0 Å². The summed E-state index contributed by atoms with van der Waals surface area (Å²) in [6.07, 6.45) is 10.4. The van der Waals surface area contributed by atoms with E-state index in [9.17, 15) is 5.11 Å². The molecule has 1 rings (SSSR count). The molecular formula is C10H16O. The Labute approximate surface area is 68.8 Å². The molecule has 0 amide bonds. The molecule has 1 saturated carbocycles. The Hall–Kier alpha value is -0.480. The lowest BCUT2D eigenvalue weighted by molar-refractivity contribution is -0.00709. The van der Waals surface area contributed by atoms with E-state index in [1.165, 1.54) is 6.42 Å². The van der Waals surface area contributed by atoms with Crippen molar-refractivity contribution in [3.05, 3.63) is 0 Å². The van der Waals surface area contributed by atoms with Crippen molar-refractivity contribution in [2.75, 3.05) is 0 Å². The minimum Gasteiger partial charge on any atom is -0.380 e. The molecule has 0 aliphatic heterocycles. The fourth-order valence-corrected chi connectivity index (χ4v) is 1.97. The molecular weight excluding hydrogens is 136 g/mol. The maximum absolute atomic E-state index is 9.52. The van der Waals surface area contributed by atoms with Crippen molar-refractivity contribution >= 4 is 0 Å². The van der Waals surface area contributed by atoms with Crippen molar-refractivity contribution in [2.45, 2.75) is 45.1 Å². The zero-order valence-electron chi connectivity index (χ0n) is 7.14. The van der Waals surface area contributed by atoms with E-state index in [1.54, 1.807) is 0 Å². The van der Waals surface area contributed by atoms with Gasteiger partial charge in [0.1, 0.15) is 6.10 Å². The predicted octanol–water partition coefficient (Wildman–Crippen LogP) is 1.95. The molecule has 0 saturated heterocycles. The van der Waals surface area contributed by atoms with E-state index in [4.69, 9.17) is 6.42 Å². The third-order valence-electron chi connectivity index (χ3n) is 2.84. The summed E-state index contributed by atoms with van der Waals surface area (Å²) >= 11 is 0. The Balaban J connectivity index is 2.53. The molecule has 1 heteroatoms. The van der Waals surface area contributed by atoms with E-state index in [2.05, 4.69) is 12.8 Å². The van der Waals surface area contributed by atoms with Crippen molar-refractivity contribution in [2.24, 2.45) is 5.41 Å². The first kappa shape index (κ1) is 8.62. The molecule has 1 fully saturated rings. The first-order chi connectivity index (χ1) is 5.25. The fraction of sp³-hybridized carbons (Fsp3) is 0.800. The summed E-state index contributed by atoms with van der Waals surface area (Å²) in [5.41, 5.74) is 0.101. The molecule has 1 nitrogen and oxygen atoms in total. The van der Waals surface area contributed by atoms with Gasteiger partial charge < -0.3 is 5.11 Å². The van der Waals surface area contributed by atoms with Gasteiger partial charge in [-0.15, -0.1) is 6.42 Å². The van der Waals surface area contributed by atoms with Crippen LogP contribution in [-0.4, -0.2) is 11.2 Å². The third kappa shape index (κ3) is 1.41. The average molecular weight is 152 g/mol. The summed E-state index contributed by atoms with van der Waals surface area (Å²) in [5.74, 6) is 2.45. The first-order valence-corrected chi connectivity index (χ1v) is 4.39. The van der Waals surface area contributed by atoms with Crippen LogP contribution in [-0.2, 0) is 0 Å². The number of aliphatic hydroxyl groups excluding tert-OH is 1. The van der Waals surface area contributed by atoms with Crippen LogP contribution in [0.3, 0.4) is 0 Å². The Bertz CT molecular complexity index is 162. The molecule has 62 valence electrons. The standard InChI is InChI=1S/C10H16O/c1-3-6-10(7-5-8-10)9(11)4-2/h2,9,11H,3,5-8H2,1H3.